The molecule has 2 rings (SSSR count). The molecule has 2 aromatic rings. The average molecular weight is 388 g/mol. The van der Waals surface area contributed by atoms with Crippen molar-refractivity contribution in [2.24, 2.45) is 0 Å². The largest absolute Gasteiger partial charge is 0.297 e. The summed E-state index contributed by atoms with van der Waals surface area (Å²) in [5, 5.41) is -0.813. The van der Waals surface area contributed by atoms with Gasteiger partial charge in [-0.15, -0.1) is 0 Å². The van der Waals surface area contributed by atoms with Gasteiger partial charge < -0.3 is 0 Å². The number of hydrogen-bond acceptors (Lipinski definition) is 7. The van der Waals surface area contributed by atoms with Crippen LogP contribution in [0.2, 0.25) is 0 Å². The van der Waals surface area contributed by atoms with E-state index in [2.05, 4.69) is 21.0 Å². The summed E-state index contributed by atoms with van der Waals surface area (Å²) in [5.41, 5.74) is 0.614. The third kappa shape index (κ3) is 3.65. The van der Waals surface area contributed by atoms with E-state index in [0.29, 0.717) is 11.1 Å². The van der Waals surface area contributed by atoms with Crippen LogP contribution in [-0.4, -0.2) is 31.1 Å². The van der Waals surface area contributed by atoms with Crippen LogP contribution in [0.1, 0.15) is 16.4 Å². The van der Waals surface area contributed by atoms with E-state index in [1.54, 1.807) is 36.4 Å². The Labute approximate surface area is 147 Å². The van der Waals surface area contributed by atoms with Gasteiger partial charge in [-0.3, -0.25) is 8.37 Å². The summed E-state index contributed by atoms with van der Waals surface area (Å²) in [7, 11) is -5.81. The molecule has 2 aromatic carbocycles. The maximum Gasteiger partial charge on any atom is 0.297 e. The lowest BCUT2D eigenvalue weighted by Gasteiger charge is -2.18. The molecule has 0 N–H and O–H groups in total. The molecule has 130 valence electrons. The minimum Gasteiger partial charge on any atom is -0.270 e. The Morgan fingerprint density at radius 2 is 1.08 bits per heavy atom. The van der Waals surface area contributed by atoms with Crippen LogP contribution < -0.4 is 0 Å². The summed E-state index contributed by atoms with van der Waals surface area (Å²) in [4.78, 5) is -0.144. The Kier molecular flexibility index (Phi) is 5.71. The molecule has 0 amide bonds. The molecule has 0 bridgehead atoms. The number of rotatable bonds is 6. The normalized spacial score (nSPS) is 12.5. The lowest BCUT2D eigenvalue weighted by atomic mass is 10.0. The molecule has 24 heavy (non-hydrogen) atoms. The lowest BCUT2D eigenvalue weighted by Crippen LogP contribution is -2.11. The van der Waals surface area contributed by atoms with Gasteiger partial charge in [0.15, 0.2) is 0 Å². The number of thiol groups is 1. The van der Waals surface area contributed by atoms with E-state index < -0.39 is 25.5 Å². The molecule has 0 unspecified atom stereocenters. The van der Waals surface area contributed by atoms with Crippen LogP contribution in [0.4, 0.5) is 0 Å². The molecule has 0 fully saturated rings. The summed E-state index contributed by atoms with van der Waals surface area (Å²) < 4.78 is 57.5. The predicted octanol–water partition coefficient (Wildman–Crippen LogP) is 2.38. The molecule has 0 spiro atoms. The zero-order valence-corrected chi connectivity index (χ0v) is 15.4. The Morgan fingerprint density at radius 3 is 1.42 bits per heavy atom. The van der Waals surface area contributed by atoms with E-state index in [-0.39, 0.29) is 9.79 Å². The van der Waals surface area contributed by atoms with Crippen LogP contribution in [0.25, 0.3) is 0 Å². The molecular weight excluding hydrogens is 372 g/mol. The third-order valence-electron chi connectivity index (χ3n) is 3.40. The highest BCUT2D eigenvalue weighted by molar-refractivity contribution is 7.87. The van der Waals surface area contributed by atoms with Gasteiger partial charge in [0.1, 0.15) is 0 Å². The first kappa shape index (κ1) is 18.9. The van der Waals surface area contributed by atoms with Crippen LogP contribution in [0.5, 0.6) is 0 Å². The van der Waals surface area contributed by atoms with Gasteiger partial charge in [-0.25, -0.2) is 0 Å². The molecule has 0 radical (unpaired) electrons. The summed E-state index contributed by atoms with van der Waals surface area (Å²) >= 11 is 4.45. The average Bonchev–Trinajstić information content (AvgIpc) is 2.61. The molecule has 0 aliphatic heterocycles. The van der Waals surface area contributed by atoms with Crippen molar-refractivity contribution in [2.45, 2.75) is 15.0 Å². The van der Waals surface area contributed by atoms with Gasteiger partial charge in [0.25, 0.3) is 20.2 Å². The highest BCUT2D eigenvalue weighted by Gasteiger charge is 2.27. The van der Waals surface area contributed by atoms with Gasteiger partial charge in [0.2, 0.25) is 0 Å². The predicted molar refractivity (Wildman–Crippen MR) is 92.1 cm³/mol. The standard InChI is InChI=1S/C15H16O6S3/c1-20-23(16,17)13-9-5-3-7-11(13)15(22)12-8-4-6-10-14(12)24(18,19)21-2/h3-10,15,22H,1-2H3. The SMILES string of the molecule is COS(=O)(=O)c1ccccc1C(S)c1ccccc1S(=O)(=O)OC. The molecule has 0 saturated carbocycles. The molecule has 0 saturated heterocycles. The molecule has 6 nitrogen and oxygen atoms in total. The Hall–Kier alpha value is -1.39. The van der Waals surface area contributed by atoms with Crippen molar-refractivity contribution in [3.8, 4) is 0 Å². The smallest absolute Gasteiger partial charge is 0.270 e. The molecule has 0 heterocycles. The van der Waals surface area contributed by atoms with Crippen molar-refractivity contribution in [1.82, 2.24) is 0 Å². The van der Waals surface area contributed by atoms with E-state index in [9.17, 15) is 16.8 Å². The Bertz CT molecular complexity index is 858. The minimum atomic E-state index is -3.97. The monoisotopic (exact) mass is 388 g/mol. The van der Waals surface area contributed by atoms with Gasteiger partial charge in [-0.2, -0.15) is 29.5 Å². The fourth-order valence-electron chi connectivity index (χ4n) is 2.22. The first-order valence-corrected chi connectivity index (χ1v) is 10.0. The van der Waals surface area contributed by atoms with Crippen molar-refractivity contribution in [3.05, 3.63) is 59.7 Å². The van der Waals surface area contributed by atoms with Gasteiger partial charge in [-0.05, 0) is 23.3 Å². The third-order valence-corrected chi connectivity index (χ3v) is 6.66. The summed E-state index contributed by atoms with van der Waals surface area (Å²) in [5.74, 6) is 0. The molecular formula is C15H16O6S3. The van der Waals surface area contributed by atoms with Crippen LogP contribution in [-0.2, 0) is 28.6 Å². The number of benzene rings is 2. The topological polar surface area (TPSA) is 86.7 Å². The fraction of sp³-hybridized carbons (Fsp3) is 0.200. The van der Waals surface area contributed by atoms with Crippen molar-refractivity contribution in [1.29, 1.82) is 0 Å². The Balaban J connectivity index is 2.67. The first-order valence-electron chi connectivity index (χ1n) is 6.71. The van der Waals surface area contributed by atoms with Crippen molar-refractivity contribution in [2.75, 3.05) is 14.2 Å². The van der Waals surface area contributed by atoms with E-state index in [4.69, 9.17) is 0 Å². The lowest BCUT2D eigenvalue weighted by molar-refractivity contribution is 0.397. The van der Waals surface area contributed by atoms with Crippen molar-refractivity contribution < 1.29 is 25.2 Å². The molecule has 0 aromatic heterocycles. The highest BCUT2D eigenvalue weighted by atomic mass is 32.2. The van der Waals surface area contributed by atoms with Crippen LogP contribution in [0.15, 0.2) is 58.3 Å². The van der Waals surface area contributed by atoms with Gasteiger partial charge in [0, 0.05) is 0 Å². The van der Waals surface area contributed by atoms with Crippen molar-refractivity contribution in [3.63, 3.8) is 0 Å². The molecule has 0 aliphatic carbocycles. The van der Waals surface area contributed by atoms with Gasteiger partial charge >= 0.3 is 0 Å². The summed E-state index contributed by atoms with van der Waals surface area (Å²) in [6, 6.07) is 12.2. The quantitative estimate of drug-likeness (QED) is 0.604. The second-order valence-corrected chi connectivity index (χ2v) is 8.60. The van der Waals surface area contributed by atoms with E-state index in [0.717, 1.165) is 14.2 Å². The maximum absolute atomic E-state index is 12.1. The van der Waals surface area contributed by atoms with Crippen LogP contribution in [0.3, 0.4) is 0 Å². The van der Waals surface area contributed by atoms with Gasteiger partial charge in [-0.1, -0.05) is 36.4 Å². The first-order chi connectivity index (χ1) is 11.2. The Morgan fingerprint density at radius 1 is 0.750 bits per heavy atom. The molecule has 0 aliphatic rings. The highest BCUT2D eigenvalue weighted by Crippen LogP contribution is 2.36. The van der Waals surface area contributed by atoms with Crippen molar-refractivity contribution >= 4 is 32.9 Å². The van der Waals surface area contributed by atoms with E-state index >= 15 is 0 Å². The zero-order valence-electron chi connectivity index (χ0n) is 12.9. The maximum atomic E-state index is 12.1. The van der Waals surface area contributed by atoms with E-state index in [1.165, 1.54) is 12.1 Å². The van der Waals surface area contributed by atoms with Crippen LogP contribution in [0, 0.1) is 0 Å². The minimum absolute atomic E-state index is 0.0721. The number of hydrogen-bond donors (Lipinski definition) is 1. The van der Waals surface area contributed by atoms with Crippen LogP contribution >= 0.6 is 12.6 Å². The molecule has 0 atom stereocenters. The zero-order chi connectivity index (χ0) is 18.0. The fourth-order valence-corrected chi connectivity index (χ4v) is 4.64. The summed E-state index contributed by atoms with van der Waals surface area (Å²) in [6.45, 7) is 0. The second-order valence-electron chi connectivity index (χ2n) is 4.72. The van der Waals surface area contributed by atoms with Gasteiger partial charge in [0.05, 0.1) is 29.3 Å². The second kappa shape index (κ2) is 7.24. The molecule has 9 heteroatoms. The van der Waals surface area contributed by atoms with E-state index in [1.807, 2.05) is 0 Å². The summed E-state index contributed by atoms with van der Waals surface area (Å²) in [6.07, 6.45) is 0.